The zero-order valence-corrected chi connectivity index (χ0v) is 13.9. The van der Waals surface area contributed by atoms with Crippen LogP contribution in [0.2, 0.25) is 0 Å². The van der Waals surface area contributed by atoms with Gasteiger partial charge in [-0.05, 0) is 44.2 Å². The number of nitrogens with one attached hydrogen (secondary N) is 1. The van der Waals surface area contributed by atoms with Gasteiger partial charge in [0, 0.05) is 10.6 Å². The van der Waals surface area contributed by atoms with E-state index >= 15 is 0 Å². The van der Waals surface area contributed by atoms with Gasteiger partial charge in [-0.3, -0.25) is 4.79 Å². The predicted octanol–water partition coefficient (Wildman–Crippen LogP) is 3.98. The number of carbonyl (C=O) groups is 2. The minimum absolute atomic E-state index is 0.111. The fourth-order valence-corrected chi connectivity index (χ4v) is 2.83. The third-order valence-corrected chi connectivity index (χ3v) is 4.18. The topological polar surface area (TPSA) is 55.4 Å². The molecule has 1 atom stereocenters. The van der Waals surface area contributed by atoms with E-state index in [1.807, 2.05) is 37.3 Å². The highest BCUT2D eigenvalue weighted by Crippen LogP contribution is 2.24. The van der Waals surface area contributed by atoms with Crippen LogP contribution < -0.4 is 5.32 Å². The summed E-state index contributed by atoms with van der Waals surface area (Å²) in [6.45, 7) is 3.92. The molecule has 0 radical (unpaired) electrons. The van der Waals surface area contributed by atoms with Crippen molar-refractivity contribution in [2.45, 2.75) is 24.0 Å². The highest BCUT2D eigenvalue weighted by Gasteiger charge is 2.15. The average molecular weight is 329 g/mol. The highest BCUT2D eigenvalue weighted by molar-refractivity contribution is 8.00. The average Bonchev–Trinajstić information content (AvgIpc) is 2.56. The number of anilines is 1. The normalized spacial score (nSPS) is 11.6. The molecule has 0 aliphatic rings. The van der Waals surface area contributed by atoms with Crippen LogP contribution in [0.4, 0.5) is 5.69 Å². The maximum atomic E-state index is 12.3. The maximum Gasteiger partial charge on any atom is 0.338 e. The minimum atomic E-state index is -0.393. The summed E-state index contributed by atoms with van der Waals surface area (Å²) in [7, 11) is 0. The molecule has 2 aromatic rings. The fraction of sp³-hybridized carbons (Fsp3) is 0.222. The fourth-order valence-electron chi connectivity index (χ4n) is 1.94. The summed E-state index contributed by atoms with van der Waals surface area (Å²) in [4.78, 5) is 25.0. The lowest BCUT2D eigenvalue weighted by atomic mass is 10.2. The van der Waals surface area contributed by atoms with Crippen molar-refractivity contribution in [1.29, 1.82) is 0 Å². The molecule has 2 rings (SSSR count). The lowest BCUT2D eigenvalue weighted by Gasteiger charge is -2.12. The summed E-state index contributed by atoms with van der Waals surface area (Å²) >= 11 is 1.49. The standard InChI is InChI=1S/C18H19NO3S/c1-3-22-18(21)14-8-7-9-15(12-14)19-17(20)13(2)23-16-10-5-4-6-11-16/h4-13H,3H2,1-2H3,(H,19,20). The molecule has 23 heavy (non-hydrogen) atoms. The first kappa shape index (κ1) is 17.1. The molecule has 1 N–H and O–H groups in total. The van der Waals surface area contributed by atoms with Gasteiger partial charge in [-0.2, -0.15) is 0 Å². The number of amides is 1. The first-order valence-corrected chi connectivity index (χ1v) is 8.28. The van der Waals surface area contributed by atoms with Crippen LogP contribution >= 0.6 is 11.8 Å². The van der Waals surface area contributed by atoms with Gasteiger partial charge in [0.25, 0.3) is 0 Å². The van der Waals surface area contributed by atoms with E-state index in [-0.39, 0.29) is 11.2 Å². The number of ether oxygens (including phenoxy) is 1. The molecular formula is C18H19NO3S. The molecule has 0 saturated heterocycles. The van der Waals surface area contributed by atoms with Gasteiger partial charge in [0.1, 0.15) is 0 Å². The zero-order valence-electron chi connectivity index (χ0n) is 13.1. The predicted molar refractivity (Wildman–Crippen MR) is 92.8 cm³/mol. The van der Waals surface area contributed by atoms with Gasteiger partial charge in [0.2, 0.25) is 5.91 Å². The van der Waals surface area contributed by atoms with Crippen molar-refractivity contribution < 1.29 is 14.3 Å². The Morgan fingerprint density at radius 1 is 1.13 bits per heavy atom. The quantitative estimate of drug-likeness (QED) is 0.643. The Labute approximate surface area is 140 Å². The molecule has 5 heteroatoms. The van der Waals surface area contributed by atoms with E-state index in [9.17, 15) is 9.59 Å². The monoisotopic (exact) mass is 329 g/mol. The second-order valence-corrected chi connectivity index (χ2v) is 6.28. The lowest BCUT2D eigenvalue weighted by Crippen LogP contribution is -2.22. The second kappa shape index (κ2) is 8.39. The van der Waals surface area contributed by atoms with Crippen LogP contribution in [0.1, 0.15) is 24.2 Å². The largest absolute Gasteiger partial charge is 0.462 e. The maximum absolute atomic E-state index is 12.3. The Balaban J connectivity index is 1.99. The molecular weight excluding hydrogens is 310 g/mol. The number of thioether (sulfide) groups is 1. The molecule has 0 heterocycles. The minimum Gasteiger partial charge on any atom is -0.462 e. The Bertz CT molecular complexity index is 673. The van der Waals surface area contributed by atoms with Crippen LogP contribution in [0.15, 0.2) is 59.5 Å². The molecule has 0 aromatic heterocycles. The Hall–Kier alpha value is -2.27. The van der Waals surface area contributed by atoms with Gasteiger partial charge < -0.3 is 10.1 Å². The van der Waals surface area contributed by atoms with Crippen LogP contribution in [-0.4, -0.2) is 23.7 Å². The second-order valence-electron chi connectivity index (χ2n) is 4.86. The first-order chi connectivity index (χ1) is 11.1. The van der Waals surface area contributed by atoms with Crippen molar-refractivity contribution in [3.63, 3.8) is 0 Å². The number of esters is 1. The number of benzene rings is 2. The summed E-state index contributed by atoms with van der Waals surface area (Å²) in [6.07, 6.45) is 0. The van der Waals surface area contributed by atoms with Crippen molar-refractivity contribution in [2.75, 3.05) is 11.9 Å². The van der Waals surface area contributed by atoms with Gasteiger partial charge in [0.15, 0.2) is 0 Å². The van der Waals surface area contributed by atoms with Crippen molar-refractivity contribution in [2.24, 2.45) is 0 Å². The molecule has 120 valence electrons. The van der Waals surface area contributed by atoms with Crippen LogP contribution in [0.3, 0.4) is 0 Å². The third-order valence-electron chi connectivity index (χ3n) is 3.07. The van der Waals surface area contributed by atoms with E-state index in [0.29, 0.717) is 17.9 Å². The summed E-state index contributed by atoms with van der Waals surface area (Å²) in [5.74, 6) is -0.504. The van der Waals surface area contributed by atoms with Crippen molar-refractivity contribution in [3.8, 4) is 0 Å². The van der Waals surface area contributed by atoms with Crippen molar-refractivity contribution in [3.05, 3.63) is 60.2 Å². The van der Waals surface area contributed by atoms with Crippen LogP contribution in [-0.2, 0) is 9.53 Å². The van der Waals surface area contributed by atoms with Gasteiger partial charge in [-0.1, -0.05) is 24.3 Å². The zero-order chi connectivity index (χ0) is 16.7. The molecule has 0 bridgehead atoms. The van der Waals surface area contributed by atoms with Gasteiger partial charge in [0.05, 0.1) is 17.4 Å². The molecule has 1 unspecified atom stereocenters. The molecule has 0 saturated carbocycles. The number of rotatable bonds is 6. The highest BCUT2D eigenvalue weighted by atomic mass is 32.2. The summed E-state index contributed by atoms with van der Waals surface area (Å²) in [6, 6.07) is 16.5. The SMILES string of the molecule is CCOC(=O)c1cccc(NC(=O)C(C)Sc2ccccc2)c1. The smallest absolute Gasteiger partial charge is 0.338 e. The van der Waals surface area contributed by atoms with Gasteiger partial charge in [-0.25, -0.2) is 4.79 Å². The van der Waals surface area contributed by atoms with E-state index in [1.165, 1.54) is 11.8 Å². The molecule has 0 aliphatic carbocycles. The van der Waals surface area contributed by atoms with Crippen molar-refractivity contribution >= 4 is 29.3 Å². The summed E-state index contributed by atoms with van der Waals surface area (Å²) in [5, 5.41) is 2.59. The van der Waals surface area contributed by atoms with Gasteiger partial charge in [-0.15, -0.1) is 11.8 Å². The van der Waals surface area contributed by atoms with Gasteiger partial charge >= 0.3 is 5.97 Å². The van der Waals surface area contributed by atoms with Crippen LogP contribution in [0.5, 0.6) is 0 Å². The third kappa shape index (κ3) is 5.14. The number of carbonyl (C=O) groups excluding carboxylic acids is 2. The Morgan fingerprint density at radius 3 is 2.57 bits per heavy atom. The van der Waals surface area contributed by atoms with Crippen molar-refractivity contribution in [1.82, 2.24) is 0 Å². The van der Waals surface area contributed by atoms with E-state index in [1.54, 1.807) is 31.2 Å². The van der Waals surface area contributed by atoms with Crippen LogP contribution in [0, 0.1) is 0 Å². The van der Waals surface area contributed by atoms with E-state index < -0.39 is 5.97 Å². The van der Waals surface area contributed by atoms with E-state index in [2.05, 4.69) is 5.32 Å². The number of hydrogen-bond acceptors (Lipinski definition) is 4. The molecule has 0 aliphatic heterocycles. The Morgan fingerprint density at radius 2 is 1.87 bits per heavy atom. The molecule has 4 nitrogen and oxygen atoms in total. The van der Waals surface area contributed by atoms with E-state index in [4.69, 9.17) is 4.74 Å². The molecule has 0 spiro atoms. The summed E-state index contributed by atoms with van der Waals surface area (Å²) in [5.41, 5.74) is 1.01. The van der Waals surface area contributed by atoms with Crippen LogP contribution in [0.25, 0.3) is 0 Å². The molecule has 0 fully saturated rings. The van der Waals surface area contributed by atoms with E-state index in [0.717, 1.165) is 4.90 Å². The first-order valence-electron chi connectivity index (χ1n) is 7.40. The lowest BCUT2D eigenvalue weighted by molar-refractivity contribution is -0.115. The number of hydrogen-bond donors (Lipinski definition) is 1. The summed E-state index contributed by atoms with van der Waals surface area (Å²) < 4.78 is 4.96. The Kier molecular flexibility index (Phi) is 6.23. The molecule has 2 aromatic carbocycles. The molecule has 1 amide bonds.